The summed E-state index contributed by atoms with van der Waals surface area (Å²) in [5, 5.41) is 0.314. The van der Waals surface area contributed by atoms with Crippen LogP contribution >= 0.6 is 0 Å². The third kappa shape index (κ3) is 2.66. The summed E-state index contributed by atoms with van der Waals surface area (Å²) in [7, 11) is -1.56. The Bertz CT molecular complexity index is 340. The summed E-state index contributed by atoms with van der Waals surface area (Å²) in [6.45, 7) is 15.9. The van der Waals surface area contributed by atoms with E-state index in [1.165, 1.54) is 13.1 Å². The smallest absolute Gasteiger partial charge is 0.192 e. The Labute approximate surface area is 113 Å². The Morgan fingerprint density at radius 1 is 1.28 bits per heavy atom. The highest BCUT2D eigenvalue weighted by molar-refractivity contribution is 6.74. The second-order valence-corrected chi connectivity index (χ2v) is 12.2. The monoisotopic (exact) mass is 265 g/mol. The molecule has 0 bridgehead atoms. The number of nitrogens with zero attached hydrogens (tertiary/aromatic N) is 1. The van der Waals surface area contributed by atoms with Gasteiger partial charge in [-0.2, -0.15) is 0 Å². The Morgan fingerprint density at radius 2 is 1.83 bits per heavy atom. The molecule has 0 aromatic carbocycles. The van der Waals surface area contributed by atoms with Gasteiger partial charge in [-0.3, -0.25) is 0 Å². The van der Waals surface area contributed by atoms with Crippen molar-refractivity contribution < 1.29 is 4.43 Å². The first-order valence-electron chi connectivity index (χ1n) is 7.09. The predicted octanol–water partition coefficient (Wildman–Crippen LogP) is 2.82. The average molecular weight is 265 g/mol. The first kappa shape index (κ1) is 14.1. The quantitative estimate of drug-likeness (QED) is 0.572. The lowest BCUT2D eigenvalue weighted by Crippen LogP contribution is -2.42. The van der Waals surface area contributed by atoms with E-state index in [0.717, 1.165) is 25.0 Å². The lowest BCUT2D eigenvalue weighted by Gasteiger charge is -2.36. The van der Waals surface area contributed by atoms with Crippen LogP contribution in [0.25, 0.3) is 0 Å². The zero-order chi connectivity index (χ0) is 13.6. The van der Waals surface area contributed by atoms with E-state index < -0.39 is 8.32 Å². The molecule has 1 aliphatic carbocycles. The molecule has 1 heterocycles. The number of likely N-dealkylation sites (tertiary alicyclic amines) is 1. The van der Waals surface area contributed by atoms with Crippen molar-refractivity contribution in [2.24, 2.45) is 17.8 Å². The molecule has 1 aliphatic heterocycles. The lowest BCUT2D eigenvalue weighted by atomic mass is 10.2. The Hall–Kier alpha value is -0.303. The van der Waals surface area contributed by atoms with E-state index in [1.54, 1.807) is 0 Å². The standard InChI is InChI=1S/C15H27NOSi/c1-7-12-13-10-16(11-14(12)13)8-9-17-18(5,6)15(2,3)4/h1,12-14H,8-11H2,2-6H3/t12?,13-,14+. The van der Waals surface area contributed by atoms with Gasteiger partial charge in [0.1, 0.15) is 0 Å². The average Bonchev–Trinajstić information content (AvgIpc) is 2.71. The van der Waals surface area contributed by atoms with Gasteiger partial charge in [0.05, 0.1) is 0 Å². The highest BCUT2D eigenvalue weighted by Gasteiger charge is 2.54. The molecule has 3 atom stereocenters. The summed E-state index contributed by atoms with van der Waals surface area (Å²) in [5.74, 6) is 5.09. The van der Waals surface area contributed by atoms with Crippen LogP contribution in [0.2, 0.25) is 18.1 Å². The van der Waals surface area contributed by atoms with E-state index >= 15 is 0 Å². The Balaban J connectivity index is 1.68. The van der Waals surface area contributed by atoms with Crippen molar-refractivity contribution in [3.63, 3.8) is 0 Å². The molecule has 3 heteroatoms. The molecule has 0 N–H and O–H groups in total. The number of rotatable bonds is 4. The molecule has 1 unspecified atom stereocenters. The molecule has 18 heavy (non-hydrogen) atoms. The van der Waals surface area contributed by atoms with Crippen molar-refractivity contribution in [3.05, 3.63) is 0 Å². The molecule has 2 nitrogen and oxygen atoms in total. The molecule has 2 fully saturated rings. The predicted molar refractivity (Wildman–Crippen MR) is 78.9 cm³/mol. The third-order valence-electron chi connectivity index (χ3n) is 5.14. The van der Waals surface area contributed by atoms with Crippen molar-refractivity contribution in [1.29, 1.82) is 0 Å². The summed E-state index contributed by atoms with van der Waals surface area (Å²) in [6, 6.07) is 0. The Morgan fingerprint density at radius 3 is 2.28 bits per heavy atom. The maximum atomic E-state index is 6.22. The van der Waals surface area contributed by atoms with Crippen molar-refractivity contribution in [2.75, 3.05) is 26.2 Å². The van der Waals surface area contributed by atoms with Crippen LogP contribution in [-0.2, 0) is 4.43 Å². The van der Waals surface area contributed by atoms with Crippen LogP contribution in [0.15, 0.2) is 0 Å². The van der Waals surface area contributed by atoms with Crippen LogP contribution in [0.1, 0.15) is 20.8 Å². The van der Waals surface area contributed by atoms with Crippen LogP contribution in [0.5, 0.6) is 0 Å². The fourth-order valence-electron chi connectivity index (χ4n) is 2.69. The molecule has 0 aromatic heterocycles. The lowest BCUT2D eigenvalue weighted by molar-refractivity contribution is 0.208. The summed E-state index contributed by atoms with van der Waals surface area (Å²) >= 11 is 0. The van der Waals surface area contributed by atoms with E-state index in [9.17, 15) is 0 Å². The molecule has 0 spiro atoms. The molecule has 0 amide bonds. The second-order valence-electron chi connectivity index (χ2n) is 7.39. The Kier molecular flexibility index (Phi) is 3.66. The van der Waals surface area contributed by atoms with Gasteiger partial charge < -0.3 is 9.33 Å². The molecule has 2 aliphatic rings. The summed E-state index contributed by atoms with van der Waals surface area (Å²) in [6.07, 6.45) is 5.49. The van der Waals surface area contributed by atoms with Gasteiger partial charge in [-0.25, -0.2) is 0 Å². The largest absolute Gasteiger partial charge is 0.416 e. The van der Waals surface area contributed by atoms with E-state index in [0.29, 0.717) is 11.0 Å². The van der Waals surface area contributed by atoms with Crippen molar-refractivity contribution >= 4 is 8.32 Å². The van der Waals surface area contributed by atoms with Crippen LogP contribution in [0, 0.1) is 30.1 Å². The first-order chi connectivity index (χ1) is 8.26. The van der Waals surface area contributed by atoms with Crippen molar-refractivity contribution in [3.8, 4) is 12.3 Å². The maximum absolute atomic E-state index is 6.22. The number of terminal acetylenes is 1. The van der Waals surface area contributed by atoms with Crippen molar-refractivity contribution in [1.82, 2.24) is 4.90 Å². The molecule has 0 radical (unpaired) electrons. The van der Waals surface area contributed by atoms with E-state index in [2.05, 4.69) is 44.7 Å². The summed E-state index contributed by atoms with van der Waals surface area (Å²) in [4.78, 5) is 2.52. The highest BCUT2D eigenvalue weighted by atomic mass is 28.4. The van der Waals surface area contributed by atoms with Crippen LogP contribution in [0.4, 0.5) is 0 Å². The van der Waals surface area contributed by atoms with Crippen molar-refractivity contribution in [2.45, 2.75) is 38.9 Å². The summed E-state index contributed by atoms with van der Waals surface area (Å²) in [5.41, 5.74) is 0. The van der Waals surface area contributed by atoms with Gasteiger partial charge in [0.25, 0.3) is 0 Å². The van der Waals surface area contributed by atoms with Gasteiger partial charge in [-0.15, -0.1) is 12.3 Å². The molecule has 0 aromatic rings. The van der Waals surface area contributed by atoms with Crippen LogP contribution < -0.4 is 0 Å². The zero-order valence-electron chi connectivity index (χ0n) is 12.5. The number of fused-ring (bicyclic) bond motifs is 1. The number of hydrogen-bond acceptors (Lipinski definition) is 2. The van der Waals surface area contributed by atoms with Gasteiger partial charge in [-0.1, -0.05) is 20.8 Å². The maximum Gasteiger partial charge on any atom is 0.192 e. The van der Waals surface area contributed by atoms with Crippen LogP contribution in [0.3, 0.4) is 0 Å². The molecule has 2 rings (SSSR count). The normalized spacial score (nSPS) is 32.1. The third-order valence-corrected chi connectivity index (χ3v) is 9.68. The van der Waals surface area contributed by atoms with Gasteiger partial charge in [-0.05, 0) is 30.0 Å². The molecule has 1 saturated heterocycles. The SMILES string of the molecule is C#CC1[C@H]2CN(CCO[Si](C)(C)C(C)(C)C)C[C@@H]12. The van der Waals surface area contributed by atoms with Gasteiger partial charge in [0.15, 0.2) is 8.32 Å². The topological polar surface area (TPSA) is 12.5 Å². The minimum atomic E-state index is -1.56. The fraction of sp³-hybridized carbons (Fsp3) is 0.867. The highest BCUT2D eigenvalue weighted by Crippen LogP contribution is 2.51. The van der Waals surface area contributed by atoms with E-state index in [-0.39, 0.29) is 0 Å². The number of piperidine rings is 1. The molecular formula is C15H27NOSi. The van der Waals surface area contributed by atoms with E-state index in [1.807, 2.05) is 0 Å². The van der Waals surface area contributed by atoms with Crippen LogP contribution in [-0.4, -0.2) is 39.5 Å². The minimum absolute atomic E-state index is 0.314. The second kappa shape index (κ2) is 4.66. The number of hydrogen-bond donors (Lipinski definition) is 0. The molecular weight excluding hydrogens is 238 g/mol. The zero-order valence-corrected chi connectivity index (χ0v) is 13.5. The van der Waals surface area contributed by atoms with Gasteiger partial charge in [0.2, 0.25) is 0 Å². The fourth-order valence-corrected chi connectivity index (χ4v) is 3.72. The summed E-state index contributed by atoms with van der Waals surface area (Å²) < 4.78 is 6.22. The minimum Gasteiger partial charge on any atom is -0.416 e. The first-order valence-corrected chi connectivity index (χ1v) is 9.99. The van der Waals surface area contributed by atoms with Gasteiger partial charge in [0, 0.05) is 32.2 Å². The molecule has 102 valence electrons. The van der Waals surface area contributed by atoms with Gasteiger partial charge >= 0.3 is 0 Å². The van der Waals surface area contributed by atoms with E-state index in [4.69, 9.17) is 10.8 Å². The molecule has 1 saturated carbocycles.